The summed E-state index contributed by atoms with van der Waals surface area (Å²) in [6, 6.07) is 8.51. The first-order chi connectivity index (χ1) is 9.52. The van der Waals surface area contributed by atoms with E-state index in [0.717, 1.165) is 5.56 Å². The van der Waals surface area contributed by atoms with E-state index in [0.29, 0.717) is 6.42 Å². The average molecular weight is 278 g/mol. The van der Waals surface area contributed by atoms with Crippen LogP contribution in [0.2, 0.25) is 0 Å². The Balaban J connectivity index is 2.63. The second kappa shape index (κ2) is 7.93. The molecule has 1 unspecified atom stereocenters. The van der Waals surface area contributed by atoms with Crippen molar-refractivity contribution in [1.82, 2.24) is 10.6 Å². The predicted octanol–water partition coefficient (Wildman–Crippen LogP) is 0.0230. The second-order valence-corrected chi connectivity index (χ2v) is 4.24. The topological polar surface area (TPSA) is 84.5 Å². The molecule has 0 bridgehead atoms. The molecule has 0 heterocycles. The zero-order valence-corrected chi connectivity index (χ0v) is 11.5. The molecular weight excluding hydrogens is 260 g/mol. The van der Waals surface area contributed by atoms with Crippen LogP contribution in [0.5, 0.6) is 0 Å². The van der Waals surface area contributed by atoms with Gasteiger partial charge in [-0.2, -0.15) is 0 Å². The molecule has 20 heavy (non-hydrogen) atoms. The van der Waals surface area contributed by atoms with E-state index in [9.17, 15) is 14.4 Å². The highest BCUT2D eigenvalue weighted by Crippen LogP contribution is 2.04. The number of rotatable bonds is 6. The van der Waals surface area contributed by atoms with Crippen LogP contribution in [0.15, 0.2) is 30.3 Å². The number of hydrogen-bond acceptors (Lipinski definition) is 4. The van der Waals surface area contributed by atoms with E-state index in [2.05, 4.69) is 15.4 Å². The Morgan fingerprint density at radius 2 is 1.85 bits per heavy atom. The summed E-state index contributed by atoms with van der Waals surface area (Å²) in [5, 5.41) is 4.91. The highest BCUT2D eigenvalue weighted by atomic mass is 16.5. The first-order valence-electron chi connectivity index (χ1n) is 6.18. The number of amides is 2. The fourth-order valence-corrected chi connectivity index (χ4v) is 1.64. The Labute approximate surface area is 117 Å². The molecule has 0 saturated heterocycles. The van der Waals surface area contributed by atoms with Crippen LogP contribution in [-0.4, -0.2) is 37.5 Å². The zero-order valence-electron chi connectivity index (χ0n) is 11.5. The Morgan fingerprint density at radius 3 is 2.40 bits per heavy atom. The van der Waals surface area contributed by atoms with Crippen LogP contribution in [0.1, 0.15) is 12.5 Å². The van der Waals surface area contributed by atoms with Gasteiger partial charge in [-0.25, -0.2) is 4.79 Å². The van der Waals surface area contributed by atoms with Crippen molar-refractivity contribution < 1.29 is 19.1 Å². The van der Waals surface area contributed by atoms with Gasteiger partial charge in [0, 0.05) is 13.3 Å². The van der Waals surface area contributed by atoms with Gasteiger partial charge in [0.1, 0.15) is 6.04 Å². The van der Waals surface area contributed by atoms with Crippen molar-refractivity contribution in [3.63, 3.8) is 0 Å². The first-order valence-corrected chi connectivity index (χ1v) is 6.18. The van der Waals surface area contributed by atoms with Crippen molar-refractivity contribution in [2.24, 2.45) is 0 Å². The molecule has 1 rings (SSSR count). The Kier molecular flexibility index (Phi) is 6.22. The Hall–Kier alpha value is -2.37. The number of carbonyl (C=O) groups excluding carboxylic acids is 3. The molecule has 1 atom stereocenters. The SMILES string of the molecule is COC(=O)C(Cc1ccccc1)NC(=O)CNC(C)=O. The molecule has 6 nitrogen and oxygen atoms in total. The quantitative estimate of drug-likeness (QED) is 0.719. The van der Waals surface area contributed by atoms with Crippen LogP contribution in [0.4, 0.5) is 0 Å². The van der Waals surface area contributed by atoms with Crippen molar-refractivity contribution in [2.75, 3.05) is 13.7 Å². The molecule has 108 valence electrons. The molecule has 6 heteroatoms. The molecule has 1 aromatic carbocycles. The van der Waals surface area contributed by atoms with Gasteiger partial charge in [0.25, 0.3) is 0 Å². The maximum atomic E-state index is 11.7. The van der Waals surface area contributed by atoms with Gasteiger partial charge in [-0.05, 0) is 5.56 Å². The van der Waals surface area contributed by atoms with E-state index in [-0.39, 0.29) is 12.5 Å². The van der Waals surface area contributed by atoms with Gasteiger partial charge < -0.3 is 15.4 Å². The highest BCUT2D eigenvalue weighted by Gasteiger charge is 2.21. The lowest BCUT2D eigenvalue weighted by molar-refractivity contribution is -0.144. The third-order valence-electron chi connectivity index (χ3n) is 2.60. The van der Waals surface area contributed by atoms with E-state index in [4.69, 9.17) is 0 Å². The lowest BCUT2D eigenvalue weighted by atomic mass is 10.1. The molecule has 2 amide bonds. The minimum atomic E-state index is -0.774. The average Bonchev–Trinajstić information content (AvgIpc) is 2.44. The Morgan fingerprint density at radius 1 is 1.20 bits per heavy atom. The normalized spacial score (nSPS) is 11.3. The molecule has 2 N–H and O–H groups in total. The van der Waals surface area contributed by atoms with Gasteiger partial charge in [0.2, 0.25) is 11.8 Å². The van der Waals surface area contributed by atoms with Crippen molar-refractivity contribution in [3.05, 3.63) is 35.9 Å². The minimum Gasteiger partial charge on any atom is -0.467 e. The maximum Gasteiger partial charge on any atom is 0.328 e. The summed E-state index contributed by atoms with van der Waals surface area (Å²) in [5.41, 5.74) is 0.905. The van der Waals surface area contributed by atoms with E-state index < -0.39 is 17.9 Å². The molecule has 0 aliphatic heterocycles. The number of benzene rings is 1. The fraction of sp³-hybridized carbons (Fsp3) is 0.357. The standard InChI is InChI=1S/C14H18N2O4/c1-10(17)15-9-13(18)16-12(14(19)20-2)8-11-6-4-3-5-7-11/h3-7,12H,8-9H2,1-2H3,(H,15,17)(H,16,18). The summed E-state index contributed by atoms with van der Waals surface area (Å²) in [6.45, 7) is 1.15. The Bertz CT molecular complexity index is 473. The lowest BCUT2D eigenvalue weighted by Crippen LogP contribution is -2.46. The third kappa shape index (κ3) is 5.51. The van der Waals surface area contributed by atoms with Crippen molar-refractivity contribution in [1.29, 1.82) is 0 Å². The number of nitrogens with one attached hydrogen (secondary N) is 2. The summed E-state index contributed by atoms with van der Waals surface area (Å²) in [5.74, 6) is -1.27. The van der Waals surface area contributed by atoms with Crippen molar-refractivity contribution in [3.8, 4) is 0 Å². The van der Waals surface area contributed by atoms with Gasteiger partial charge in [0.05, 0.1) is 13.7 Å². The summed E-state index contributed by atoms with van der Waals surface area (Å²) in [6.07, 6.45) is 0.333. The van der Waals surface area contributed by atoms with Crippen LogP contribution in [-0.2, 0) is 25.5 Å². The molecule has 0 spiro atoms. The molecule has 1 aromatic rings. The molecule has 0 radical (unpaired) electrons. The molecule has 0 fully saturated rings. The molecular formula is C14H18N2O4. The van der Waals surface area contributed by atoms with E-state index in [1.54, 1.807) is 0 Å². The van der Waals surface area contributed by atoms with Crippen LogP contribution < -0.4 is 10.6 Å². The molecule has 0 aromatic heterocycles. The van der Waals surface area contributed by atoms with E-state index >= 15 is 0 Å². The van der Waals surface area contributed by atoms with Crippen LogP contribution in [0, 0.1) is 0 Å². The molecule has 0 aliphatic rings. The van der Waals surface area contributed by atoms with Gasteiger partial charge in [-0.15, -0.1) is 0 Å². The lowest BCUT2D eigenvalue weighted by Gasteiger charge is -2.16. The number of hydrogen-bond donors (Lipinski definition) is 2. The smallest absolute Gasteiger partial charge is 0.328 e. The summed E-state index contributed by atoms with van der Waals surface area (Å²) in [4.78, 5) is 34.0. The highest BCUT2D eigenvalue weighted by molar-refractivity contribution is 5.87. The van der Waals surface area contributed by atoms with Crippen LogP contribution in [0.25, 0.3) is 0 Å². The van der Waals surface area contributed by atoms with Crippen molar-refractivity contribution >= 4 is 17.8 Å². The summed E-state index contributed by atoms with van der Waals surface area (Å²) < 4.78 is 4.67. The summed E-state index contributed by atoms with van der Waals surface area (Å²) >= 11 is 0. The first kappa shape index (κ1) is 15.7. The van der Waals surface area contributed by atoms with Crippen LogP contribution >= 0.6 is 0 Å². The number of ether oxygens (including phenoxy) is 1. The monoisotopic (exact) mass is 278 g/mol. The summed E-state index contributed by atoms with van der Waals surface area (Å²) in [7, 11) is 1.26. The van der Waals surface area contributed by atoms with Gasteiger partial charge in [0.15, 0.2) is 0 Å². The van der Waals surface area contributed by atoms with E-state index in [1.807, 2.05) is 30.3 Å². The number of methoxy groups -OCH3 is 1. The van der Waals surface area contributed by atoms with Gasteiger partial charge in [-0.1, -0.05) is 30.3 Å². The number of carbonyl (C=O) groups is 3. The zero-order chi connectivity index (χ0) is 15.0. The second-order valence-electron chi connectivity index (χ2n) is 4.24. The van der Waals surface area contributed by atoms with Gasteiger partial charge in [-0.3, -0.25) is 9.59 Å². The van der Waals surface area contributed by atoms with Gasteiger partial charge >= 0.3 is 5.97 Å². The molecule has 0 saturated carbocycles. The van der Waals surface area contributed by atoms with Crippen LogP contribution in [0.3, 0.4) is 0 Å². The molecule has 0 aliphatic carbocycles. The largest absolute Gasteiger partial charge is 0.467 e. The predicted molar refractivity (Wildman–Crippen MR) is 72.8 cm³/mol. The minimum absolute atomic E-state index is 0.169. The van der Waals surface area contributed by atoms with E-state index in [1.165, 1.54) is 14.0 Å². The fourth-order valence-electron chi connectivity index (χ4n) is 1.64. The third-order valence-corrected chi connectivity index (χ3v) is 2.60. The maximum absolute atomic E-state index is 11.7. The van der Waals surface area contributed by atoms with Crippen molar-refractivity contribution in [2.45, 2.75) is 19.4 Å². The number of esters is 1.